The van der Waals surface area contributed by atoms with Gasteiger partial charge in [-0.1, -0.05) is 12.1 Å². The molecule has 0 heterocycles. The van der Waals surface area contributed by atoms with Gasteiger partial charge in [0.05, 0.1) is 6.54 Å². The second kappa shape index (κ2) is 7.23. The van der Waals surface area contributed by atoms with E-state index in [9.17, 15) is 13.6 Å². The average Bonchev–Trinajstić information content (AvgIpc) is 2.48. The summed E-state index contributed by atoms with van der Waals surface area (Å²) in [6.45, 7) is 0.346. The molecule has 0 unspecified atom stereocenters. The van der Waals surface area contributed by atoms with E-state index in [0.29, 0.717) is 5.69 Å². The number of para-hydroxylation sites is 1. The molecule has 0 atom stereocenters. The van der Waals surface area contributed by atoms with Gasteiger partial charge in [-0.2, -0.15) is 0 Å². The van der Waals surface area contributed by atoms with Crippen LogP contribution >= 0.6 is 0 Å². The van der Waals surface area contributed by atoms with Gasteiger partial charge in [0, 0.05) is 5.69 Å². The van der Waals surface area contributed by atoms with Gasteiger partial charge in [0.25, 0.3) is 0 Å². The zero-order chi connectivity index (χ0) is 15.1. The Morgan fingerprint density at radius 3 is 2.48 bits per heavy atom. The summed E-state index contributed by atoms with van der Waals surface area (Å²) in [7, 11) is 0. The van der Waals surface area contributed by atoms with Crippen LogP contribution in [-0.2, 0) is 0 Å². The summed E-state index contributed by atoms with van der Waals surface area (Å²) in [4.78, 5) is 11.5. The highest BCUT2D eigenvalue weighted by atomic mass is 19.1. The number of nitrogens with one attached hydrogen (secondary N) is 2. The van der Waals surface area contributed by atoms with E-state index in [0.717, 1.165) is 0 Å². The fourth-order valence-corrected chi connectivity index (χ4v) is 1.60. The van der Waals surface area contributed by atoms with Crippen LogP contribution < -0.4 is 15.4 Å². The Labute approximate surface area is 120 Å². The van der Waals surface area contributed by atoms with Crippen LogP contribution in [0.2, 0.25) is 0 Å². The van der Waals surface area contributed by atoms with Gasteiger partial charge in [-0.25, -0.2) is 13.6 Å². The zero-order valence-electron chi connectivity index (χ0n) is 11.1. The van der Waals surface area contributed by atoms with Crippen molar-refractivity contribution in [2.75, 3.05) is 18.5 Å². The molecule has 6 heteroatoms. The Hall–Kier alpha value is -2.63. The molecule has 0 saturated heterocycles. The van der Waals surface area contributed by atoms with Gasteiger partial charge in [-0.3, -0.25) is 0 Å². The number of hydrogen-bond donors (Lipinski definition) is 2. The van der Waals surface area contributed by atoms with Gasteiger partial charge in [0.2, 0.25) is 0 Å². The molecule has 0 aliphatic heterocycles. The Bertz CT molecular complexity index is 603. The number of anilines is 1. The normalized spacial score (nSPS) is 10.0. The molecule has 110 valence electrons. The molecule has 2 rings (SSSR count). The summed E-state index contributed by atoms with van der Waals surface area (Å²) in [5.41, 5.74) is 0.476. The van der Waals surface area contributed by atoms with Crippen LogP contribution in [0.15, 0.2) is 48.5 Å². The van der Waals surface area contributed by atoms with E-state index in [1.54, 1.807) is 12.1 Å². The molecule has 0 spiro atoms. The molecule has 0 aromatic heterocycles. The van der Waals surface area contributed by atoms with E-state index in [2.05, 4.69) is 10.6 Å². The van der Waals surface area contributed by atoms with Crippen LogP contribution in [0, 0.1) is 11.6 Å². The Morgan fingerprint density at radius 2 is 1.76 bits per heavy atom. The molecule has 2 amide bonds. The monoisotopic (exact) mass is 292 g/mol. The number of urea groups is 1. The molecule has 2 N–H and O–H groups in total. The lowest BCUT2D eigenvalue weighted by Gasteiger charge is -2.09. The van der Waals surface area contributed by atoms with Crippen molar-refractivity contribution in [3.63, 3.8) is 0 Å². The first kappa shape index (κ1) is 14.8. The van der Waals surface area contributed by atoms with Gasteiger partial charge < -0.3 is 15.4 Å². The highest BCUT2D eigenvalue weighted by Gasteiger charge is 2.03. The second-order valence-electron chi connectivity index (χ2n) is 4.17. The smallest absolute Gasteiger partial charge is 0.319 e. The number of ether oxygens (including phenoxy) is 1. The first-order chi connectivity index (χ1) is 10.1. The maximum atomic E-state index is 13.2. The van der Waals surface area contributed by atoms with Crippen LogP contribution in [0.5, 0.6) is 5.75 Å². The third-order valence-electron chi connectivity index (χ3n) is 2.58. The van der Waals surface area contributed by atoms with Gasteiger partial charge >= 0.3 is 6.03 Å². The molecule has 0 bridgehead atoms. The molecule has 0 saturated carbocycles. The number of amides is 2. The zero-order valence-corrected chi connectivity index (χ0v) is 11.1. The highest BCUT2D eigenvalue weighted by Crippen LogP contribution is 2.14. The lowest BCUT2D eigenvalue weighted by molar-refractivity contribution is 0.246. The molecule has 0 fully saturated rings. The predicted octanol–water partition coefficient (Wildman–Crippen LogP) is 3.17. The minimum Gasteiger partial charge on any atom is -0.489 e. The van der Waals surface area contributed by atoms with Crippen LogP contribution in [0.25, 0.3) is 0 Å². The number of hydrogen-bond acceptors (Lipinski definition) is 2. The first-order valence-electron chi connectivity index (χ1n) is 6.33. The lowest BCUT2D eigenvalue weighted by atomic mass is 10.3. The third kappa shape index (κ3) is 4.76. The van der Waals surface area contributed by atoms with Gasteiger partial charge in [0.15, 0.2) is 11.6 Å². The number of benzene rings is 2. The number of rotatable bonds is 5. The fraction of sp³-hybridized carbons (Fsp3) is 0.133. The summed E-state index contributed by atoms with van der Waals surface area (Å²) in [6.07, 6.45) is 0. The molecule has 2 aromatic carbocycles. The SMILES string of the molecule is O=C(NCCOc1ccccc1F)Nc1ccc(F)cc1. The summed E-state index contributed by atoms with van der Waals surface area (Å²) >= 11 is 0. The third-order valence-corrected chi connectivity index (χ3v) is 2.58. The van der Waals surface area contributed by atoms with Crippen LogP contribution in [0.1, 0.15) is 0 Å². The molecule has 4 nitrogen and oxygen atoms in total. The van der Waals surface area contributed by atoms with E-state index in [1.807, 2.05) is 0 Å². The second-order valence-corrected chi connectivity index (χ2v) is 4.17. The summed E-state index contributed by atoms with van der Waals surface area (Å²) in [5, 5.41) is 5.08. The van der Waals surface area contributed by atoms with E-state index < -0.39 is 11.8 Å². The van der Waals surface area contributed by atoms with Crippen molar-refractivity contribution in [3.05, 3.63) is 60.2 Å². The molecule has 0 aliphatic rings. The van der Waals surface area contributed by atoms with Crippen molar-refractivity contribution in [1.82, 2.24) is 5.32 Å². The van der Waals surface area contributed by atoms with E-state index in [1.165, 1.54) is 36.4 Å². The van der Waals surface area contributed by atoms with Gasteiger partial charge in [-0.15, -0.1) is 0 Å². The molecule has 21 heavy (non-hydrogen) atoms. The Balaban J connectivity index is 1.70. The average molecular weight is 292 g/mol. The molecule has 0 radical (unpaired) electrons. The summed E-state index contributed by atoms with van der Waals surface area (Å²) in [5.74, 6) is -0.689. The van der Waals surface area contributed by atoms with Crippen LogP contribution in [-0.4, -0.2) is 19.2 Å². The number of carbonyl (C=O) groups is 1. The molecular weight excluding hydrogens is 278 g/mol. The van der Waals surface area contributed by atoms with Crippen molar-refractivity contribution < 1.29 is 18.3 Å². The Morgan fingerprint density at radius 1 is 1.05 bits per heavy atom. The fourth-order valence-electron chi connectivity index (χ4n) is 1.60. The largest absolute Gasteiger partial charge is 0.489 e. The van der Waals surface area contributed by atoms with Crippen molar-refractivity contribution in [2.45, 2.75) is 0 Å². The maximum Gasteiger partial charge on any atom is 0.319 e. The van der Waals surface area contributed by atoms with Crippen molar-refractivity contribution in [1.29, 1.82) is 0 Å². The van der Waals surface area contributed by atoms with Gasteiger partial charge in [0.1, 0.15) is 12.4 Å². The minimum absolute atomic E-state index is 0.137. The summed E-state index contributed by atoms with van der Waals surface area (Å²) in [6, 6.07) is 11.0. The topological polar surface area (TPSA) is 50.4 Å². The molecule has 0 aliphatic carbocycles. The summed E-state index contributed by atoms with van der Waals surface area (Å²) < 4.78 is 31.1. The van der Waals surface area contributed by atoms with Crippen LogP contribution in [0.3, 0.4) is 0 Å². The standard InChI is InChI=1S/C15H14F2N2O2/c16-11-5-7-12(8-6-11)19-15(20)18-9-10-21-14-4-2-1-3-13(14)17/h1-8H,9-10H2,(H2,18,19,20). The van der Waals surface area contributed by atoms with Crippen molar-refractivity contribution in [2.24, 2.45) is 0 Å². The molecular formula is C15H14F2N2O2. The lowest BCUT2D eigenvalue weighted by Crippen LogP contribution is -2.32. The quantitative estimate of drug-likeness (QED) is 0.832. The van der Waals surface area contributed by atoms with Crippen molar-refractivity contribution >= 4 is 11.7 Å². The number of halogens is 2. The maximum absolute atomic E-state index is 13.2. The predicted molar refractivity (Wildman–Crippen MR) is 75.3 cm³/mol. The highest BCUT2D eigenvalue weighted by molar-refractivity contribution is 5.89. The van der Waals surface area contributed by atoms with E-state index >= 15 is 0 Å². The minimum atomic E-state index is -0.451. The van der Waals surface area contributed by atoms with Gasteiger partial charge in [-0.05, 0) is 36.4 Å². The number of carbonyl (C=O) groups excluding carboxylic acids is 1. The van der Waals surface area contributed by atoms with Crippen LogP contribution in [0.4, 0.5) is 19.3 Å². The molecule has 2 aromatic rings. The Kier molecular flexibility index (Phi) is 5.09. The van der Waals surface area contributed by atoms with E-state index in [4.69, 9.17) is 4.74 Å². The van der Waals surface area contributed by atoms with E-state index in [-0.39, 0.29) is 24.7 Å². The first-order valence-corrected chi connectivity index (χ1v) is 6.33. The van der Waals surface area contributed by atoms with Crippen molar-refractivity contribution in [3.8, 4) is 5.75 Å².